The number of nitrogens with zero attached hydrogens (tertiary/aromatic N) is 6. The molecule has 0 saturated heterocycles. The number of benzene rings is 1. The molecule has 0 bridgehead atoms. The zero-order chi connectivity index (χ0) is 29.6. The lowest BCUT2D eigenvalue weighted by molar-refractivity contribution is 0.0949. The van der Waals surface area contributed by atoms with Crippen LogP contribution in [0, 0.1) is 6.92 Å². The van der Waals surface area contributed by atoms with Crippen LogP contribution in [0.5, 0.6) is 17.4 Å². The lowest BCUT2D eigenvalue weighted by atomic mass is 10.2. The monoisotopic (exact) mass is 587 g/mol. The van der Waals surface area contributed by atoms with Gasteiger partial charge in [-0.15, -0.1) is 10.2 Å². The number of hydrogen-bond donors (Lipinski definition) is 1. The van der Waals surface area contributed by atoms with Gasteiger partial charge in [-0.05, 0) is 37.6 Å². The number of para-hydroxylation sites is 1. The molecule has 4 rings (SSSR count). The predicted octanol–water partition coefficient (Wildman–Crippen LogP) is 3.31. The van der Waals surface area contributed by atoms with Crippen molar-refractivity contribution < 1.29 is 31.8 Å². The molecule has 15 heteroatoms. The highest BCUT2D eigenvalue weighted by atomic mass is 32.2. The number of aryl methyl sites for hydroxylation is 1. The van der Waals surface area contributed by atoms with Crippen LogP contribution in [0.3, 0.4) is 0 Å². The number of methoxy groups -OCH3 is 3. The van der Waals surface area contributed by atoms with Gasteiger partial charge in [-0.2, -0.15) is 0 Å². The van der Waals surface area contributed by atoms with Gasteiger partial charge in [0.2, 0.25) is 21.9 Å². The maximum Gasteiger partial charge on any atom is 0.243 e. The SMILES string of the molecule is COc1cccc(OC)c1-n1c(NS(=O)(=O)[C@@H](C)[C@H](OC)c2ncc(C)cn2)nnc1-c1cccc(OCCF)n1. The Morgan fingerprint density at radius 3 is 2.27 bits per heavy atom. The summed E-state index contributed by atoms with van der Waals surface area (Å²) in [7, 11) is 0.112. The van der Waals surface area contributed by atoms with Gasteiger partial charge in [0, 0.05) is 25.6 Å². The summed E-state index contributed by atoms with van der Waals surface area (Å²) in [5, 5.41) is 7.23. The van der Waals surface area contributed by atoms with E-state index in [2.05, 4.69) is 29.9 Å². The molecule has 1 N–H and O–H groups in total. The van der Waals surface area contributed by atoms with E-state index in [0.717, 1.165) is 5.56 Å². The molecule has 1 aromatic carbocycles. The first-order chi connectivity index (χ1) is 19.7. The number of aromatic nitrogens is 6. The molecule has 218 valence electrons. The van der Waals surface area contributed by atoms with Crippen molar-refractivity contribution in [1.82, 2.24) is 29.7 Å². The summed E-state index contributed by atoms with van der Waals surface area (Å²) >= 11 is 0. The number of pyridine rings is 1. The topological polar surface area (TPSA) is 152 Å². The minimum atomic E-state index is -4.19. The van der Waals surface area contributed by atoms with Crippen LogP contribution in [0.2, 0.25) is 0 Å². The quantitative estimate of drug-likeness (QED) is 0.245. The third kappa shape index (κ3) is 6.36. The van der Waals surface area contributed by atoms with E-state index in [4.69, 9.17) is 18.9 Å². The Hall–Kier alpha value is -4.37. The van der Waals surface area contributed by atoms with Crippen LogP contribution in [-0.2, 0) is 14.8 Å². The molecular formula is C26H30FN7O6S. The Bertz CT molecular complexity index is 1560. The molecular weight excluding hydrogens is 557 g/mol. The van der Waals surface area contributed by atoms with Crippen LogP contribution < -0.4 is 18.9 Å². The lowest BCUT2D eigenvalue weighted by Gasteiger charge is -2.23. The first-order valence-corrected chi connectivity index (χ1v) is 13.9. The number of ether oxygens (including phenoxy) is 4. The van der Waals surface area contributed by atoms with E-state index in [0.29, 0.717) is 17.2 Å². The van der Waals surface area contributed by atoms with Crippen molar-refractivity contribution in [2.75, 3.05) is 39.3 Å². The number of alkyl halides is 1. The summed E-state index contributed by atoms with van der Waals surface area (Å²) in [6.07, 6.45) is 2.17. The van der Waals surface area contributed by atoms with Crippen LogP contribution in [0.15, 0.2) is 48.8 Å². The van der Waals surface area contributed by atoms with Gasteiger partial charge in [0.05, 0.1) is 14.2 Å². The molecule has 2 atom stereocenters. The fourth-order valence-corrected chi connectivity index (χ4v) is 5.11. The van der Waals surface area contributed by atoms with Gasteiger partial charge in [0.1, 0.15) is 47.5 Å². The van der Waals surface area contributed by atoms with Crippen molar-refractivity contribution in [1.29, 1.82) is 0 Å². The fraction of sp³-hybridized carbons (Fsp3) is 0.346. The second-order valence-corrected chi connectivity index (χ2v) is 10.8. The Morgan fingerprint density at radius 1 is 1.00 bits per heavy atom. The zero-order valence-electron chi connectivity index (χ0n) is 23.1. The van der Waals surface area contributed by atoms with E-state index in [1.54, 1.807) is 48.8 Å². The van der Waals surface area contributed by atoms with Crippen molar-refractivity contribution in [3.05, 3.63) is 60.2 Å². The number of anilines is 1. The lowest BCUT2D eigenvalue weighted by Crippen LogP contribution is -2.33. The maximum atomic E-state index is 13.7. The minimum Gasteiger partial charge on any atom is -0.494 e. The minimum absolute atomic E-state index is 0.133. The Balaban J connectivity index is 1.84. The molecule has 0 amide bonds. The number of sulfonamides is 1. The molecule has 0 radical (unpaired) electrons. The van der Waals surface area contributed by atoms with Crippen molar-refractivity contribution in [3.8, 4) is 34.6 Å². The molecule has 3 heterocycles. The van der Waals surface area contributed by atoms with E-state index in [1.807, 2.05) is 6.92 Å². The zero-order valence-corrected chi connectivity index (χ0v) is 23.9. The van der Waals surface area contributed by atoms with E-state index in [-0.39, 0.29) is 35.8 Å². The average molecular weight is 588 g/mol. The Labute approximate surface area is 236 Å². The Morgan fingerprint density at radius 2 is 1.66 bits per heavy atom. The third-order valence-corrected chi connectivity index (χ3v) is 7.72. The van der Waals surface area contributed by atoms with Gasteiger partial charge in [-0.3, -0.25) is 9.29 Å². The summed E-state index contributed by atoms with van der Waals surface area (Å²) < 4.78 is 66.0. The van der Waals surface area contributed by atoms with Gasteiger partial charge >= 0.3 is 0 Å². The summed E-state index contributed by atoms with van der Waals surface area (Å²) in [6.45, 7) is 2.42. The third-order valence-electron chi connectivity index (χ3n) is 6.03. The average Bonchev–Trinajstić information content (AvgIpc) is 3.39. The highest BCUT2D eigenvalue weighted by molar-refractivity contribution is 7.93. The van der Waals surface area contributed by atoms with Crippen LogP contribution in [-0.4, -0.2) is 78.0 Å². The molecule has 0 aliphatic heterocycles. The smallest absolute Gasteiger partial charge is 0.243 e. The molecule has 0 spiro atoms. The van der Waals surface area contributed by atoms with E-state index in [9.17, 15) is 12.8 Å². The molecule has 4 aromatic rings. The number of halogens is 1. The highest BCUT2D eigenvalue weighted by Crippen LogP contribution is 2.38. The van der Waals surface area contributed by atoms with Gasteiger partial charge in [0.15, 0.2) is 11.6 Å². The van der Waals surface area contributed by atoms with Crippen molar-refractivity contribution in [3.63, 3.8) is 0 Å². The molecule has 0 saturated carbocycles. The maximum absolute atomic E-state index is 13.7. The van der Waals surface area contributed by atoms with Crippen LogP contribution in [0.25, 0.3) is 17.2 Å². The second kappa shape index (κ2) is 12.9. The van der Waals surface area contributed by atoms with Crippen LogP contribution >= 0.6 is 0 Å². The van der Waals surface area contributed by atoms with Crippen LogP contribution in [0.4, 0.5) is 10.3 Å². The molecule has 0 aliphatic carbocycles. The second-order valence-electron chi connectivity index (χ2n) is 8.72. The molecule has 41 heavy (non-hydrogen) atoms. The Kier molecular flexibility index (Phi) is 9.29. The van der Waals surface area contributed by atoms with Gasteiger partial charge < -0.3 is 18.9 Å². The summed E-state index contributed by atoms with van der Waals surface area (Å²) in [4.78, 5) is 12.9. The van der Waals surface area contributed by atoms with E-state index < -0.39 is 28.1 Å². The normalized spacial score (nSPS) is 12.9. The molecule has 0 fully saturated rings. The summed E-state index contributed by atoms with van der Waals surface area (Å²) in [6, 6.07) is 9.89. The predicted molar refractivity (Wildman–Crippen MR) is 148 cm³/mol. The molecule has 3 aromatic heterocycles. The molecule has 0 unspecified atom stereocenters. The first kappa shape index (κ1) is 29.6. The number of nitrogens with one attached hydrogen (secondary N) is 1. The van der Waals surface area contributed by atoms with E-state index >= 15 is 0 Å². The summed E-state index contributed by atoms with van der Waals surface area (Å²) in [5.41, 5.74) is 1.39. The summed E-state index contributed by atoms with van der Waals surface area (Å²) in [5.74, 6) is 0.996. The number of rotatable bonds is 13. The number of hydrogen-bond acceptors (Lipinski definition) is 11. The van der Waals surface area contributed by atoms with Gasteiger partial charge in [-0.25, -0.2) is 27.8 Å². The first-order valence-electron chi connectivity index (χ1n) is 12.4. The molecule has 0 aliphatic rings. The van der Waals surface area contributed by atoms with Gasteiger partial charge in [0.25, 0.3) is 0 Å². The van der Waals surface area contributed by atoms with E-state index in [1.165, 1.54) is 32.8 Å². The standard InChI is InChI=1S/C26H30FN7O6S/c1-16-14-28-24(29-15-16)23(39-5)17(2)41(35,36)33-26-32-31-25(18-8-6-11-21(30-18)40-13-12-27)34(26)22-19(37-3)9-7-10-20(22)38-4/h6-11,14-15,17,23H,12-13H2,1-5H3,(H,32,33)/t17-,23-/m0/s1. The highest BCUT2D eigenvalue weighted by Gasteiger charge is 2.35. The largest absolute Gasteiger partial charge is 0.494 e. The van der Waals surface area contributed by atoms with Crippen molar-refractivity contribution in [2.45, 2.75) is 25.2 Å². The van der Waals surface area contributed by atoms with Crippen LogP contribution in [0.1, 0.15) is 24.4 Å². The van der Waals surface area contributed by atoms with Crippen molar-refractivity contribution in [2.24, 2.45) is 0 Å². The molecule has 13 nitrogen and oxygen atoms in total. The fourth-order valence-electron chi connectivity index (χ4n) is 3.98. The van der Waals surface area contributed by atoms with Crippen molar-refractivity contribution >= 4 is 16.0 Å². The van der Waals surface area contributed by atoms with Gasteiger partial charge in [-0.1, -0.05) is 12.1 Å².